The minimum atomic E-state index is -1.20. The van der Waals surface area contributed by atoms with E-state index in [1.165, 1.54) is 46.6 Å². The fraction of sp³-hybridized carbons (Fsp3) is 0.475. The lowest BCUT2D eigenvalue weighted by atomic mass is 9.77. The Morgan fingerprint density at radius 2 is 1.89 bits per heavy atom. The van der Waals surface area contributed by atoms with Gasteiger partial charge in [-0.15, -0.1) is 0 Å². The summed E-state index contributed by atoms with van der Waals surface area (Å²) in [4.78, 5) is 11.9. The zero-order valence-corrected chi connectivity index (χ0v) is 27.7. The van der Waals surface area contributed by atoms with Gasteiger partial charge in [-0.2, -0.15) is 0 Å². The molecule has 1 aliphatic heterocycles. The van der Waals surface area contributed by atoms with Crippen LogP contribution < -0.4 is 4.74 Å². The highest BCUT2D eigenvalue weighted by Gasteiger charge is 2.33. The summed E-state index contributed by atoms with van der Waals surface area (Å²) in [5.74, 6) is 1.54. The molecule has 0 bridgehead atoms. The lowest BCUT2D eigenvalue weighted by Crippen LogP contribution is -2.27. The monoisotopic (exact) mass is 612 g/mol. The first kappa shape index (κ1) is 32.8. The van der Waals surface area contributed by atoms with Crippen molar-refractivity contribution < 1.29 is 23.8 Å². The summed E-state index contributed by atoms with van der Waals surface area (Å²) >= 11 is 0. The molecule has 1 N–H and O–H groups in total. The van der Waals surface area contributed by atoms with Crippen LogP contribution in [0.5, 0.6) is 5.75 Å². The van der Waals surface area contributed by atoms with E-state index in [0.29, 0.717) is 43.0 Å². The third-order valence-electron chi connectivity index (χ3n) is 10.5. The van der Waals surface area contributed by atoms with Crippen LogP contribution >= 0.6 is 0 Å². The number of aromatic carboxylic acids is 1. The molecule has 0 aromatic heterocycles. The van der Waals surface area contributed by atoms with Crippen molar-refractivity contribution in [3.63, 3.8) is 0 Å². The van der Waals surface area contributed by atoms with Crippen LogP contribution in [-0.4, -0.2) is 30.5 Å². The maximum Gasteiger partial charge on any atom is 0.339 e. The van der Waals surface area contributed by atoms with Crippen molar-refractivity contribution in [1.29, 1.82) is 0 Å². The molecule has 4 aliphatic rings. The van der Waals surface area contributed by atoms with Crippen molar-refractivity contribution in [2.75, 3.05) is 13.7 Å². The number of ether oxygens (including phenoxy) is 2. The number of carbonyl (C=O) groups is 1. The van der Waals surface area contributed by atoms with E-state index in [2.05, 4.69) is 58.6 Å². The Hall–Kier alpha value is -3.60. The highest BCUT2D eigenvalue weighted by molar-refractivity contribution is 5.93. The van der Waals surface area contributed by atoms with Crippen LogP contribution in [0.25, 0.3) is 5.57 Å². The van der Waals surface area contributed by atoms with Gasteiger partial charge >= 0.3 is 5.97 Å². The Kier molecular flexibility index (Phi) is 10.1. The molecule has 0 saturated heterocycles. The first-order valence-corrected chi connectivity index (χ1v) is 16.6. The Labute approximate surface area is 268 Å². The molecule has 4 nitrogen and oxygen atoms in total. The smallest absolute Gasteiger partial charge is 0.339 e. The molecular weight excluding hydrogens is 563 g/mol. The number of benzene rings is 1. The van der Waals surface area contributed by atoms with Crippen LogP contribution in [0.1, 0.15) is 101 Å². The van der Waals surface area contributed by atoms with Crippen molar-refractivity contribution in [3.8, 4) is 5.75 Å². The first-order valence-electron chi connectivity index (χ1n) is 16.6. The van der Waals surface area contributed by atoms with Gasteiger partial charge in [0.05, 0.1) is 7.11 Å². The molecule has 240 valence electrons. The highest BCUT2D eigenvalue weighted by atomic mass is 19.1. The SMILES string of the molecule is C=CC1(F)CCC(CCC2C=C(c3ccc(C(=O)O)c(OC)c3)C3=CCC(C)C=C(C4=C(C)OCC(C)=C4C)C=C3CC2)CC1. The van der Waals surface area contributed by atoms with Crippen molar-refractivity contribution in [3.05, 3.63) is 105 Å². The van der Waals surface area contributed by atoms with E-state index in [9.17, 15) is 14.3 Å². The van der Waals surface area contributed by atoms with Gasteiger partial charge in [-0.1, -0.05) is 49.9 Å². The molecule has 1 aromatic carbocycles. The summed E-state index contributed by atoms with van der Waals surface area (Å²) in [5, 5.41) is 9.76. The molecule has 1 fully saturated rings. The summed E-state index contributed by atoms with van der Waals surface area (Å²) in [6.07, 6.45) is 19.0. The Bertz CT molecular complexity index is 1520. The molecule has 1 saturated carbocycles. The zero-order chi connectivity index (χ0) is 32.3. The number of fused-ring (bicyclic) bond motifs is 1. The lowest BCUT2D eigenvalue weighted by molar-refractivity contribution is 0.0693. The fourth-order valence-corrected chi connectivity index (χ4v) is 7.43. The summed E-state index contributed by atoms with van der Waals surface area (Å²) < 4.78 is 26.5. The number of methoxy groups -OCH3 is 1. The Morgan fingerprint density at radius 1 is 1.13 bits per heavy atom. The second kappa shape index (κ2) is 13.8. The van der Waals surface area contributed by atoms with Crippen molar-refractivity contribution in [1.82, 2.24) is 0 Å². The number of carboxylic acids is 1. The Balaban J connectivity index is 1.54. The number of rotatable bonds is 8. The van der Waals surface area contributed by atoms with Gasteiger partial charge in [-0.25, -0.2) is 9.18 Å². The fourth-order valence-electron chi connectivity index (χ4n) is 7.43. The number of allylic oxidation sites excluding steroid dienone is 12. The lowest BCUT2D eigenvalue weighted by Gasteiger charge is -2.32. The molecule has 0 spiro atoms. The predicted molar refractivity (Wildman–Crippen MR) is 181 cm³/mol. The minimum absolute atomic E-state index is 0.159. The maximum atomic E-state index is 14.8. The van der Waals surface area contributed by atoms with Gasteiger partial charge in [0.2, 0.25) is 0 Å². The van der Waals surface area contributed by atoms with Gasteiger partial charge in [-0.05, 0) is 147 Å². The van der Waals surface area contributed by atoms with E-state index in [-0.39, 0.29) is 5.56 Å². The standard InChI is InChI=1S/C40H49FO4/c1-7-40(41)18-16-29(17-19-40)9-10-30-11-12-31-22-33(38-27(4)26(3)24-45-28(38)5)20-25(2)8-14-34(31)36(21-30)32-13-15-35(39(42)43)37(23-32)44-6/h7,13-15,20-23,25,29-30H,1,8-12,16-19,24H2,2-6H3,(H,42,43). The van der Waals surface area contributed by atoms with Gasteiger partial charge in [0, 0.05) is 5.57 Å². The number of hydrogen-bond acceptors (Lipinski definition) is 3. The average molecular weight is 613 g/mol. The minimum Gasteiger partial charge on any atom is -0.496 e. The molecule has 5 heteroatoms. The summed E-state index contributed by atoms with van der Waals surface area (Å²) in [6.45, 7) is 13.0. The highest BCUT2D eigenvalue weighted by Crippen LogP contribution is 2.44. The van der Waals surface area contributed by atoms with Gasteiger partial charge in [-0.3, -0.25) is 0 Å². The van der Waals surface area contributed by atoms with Crippen LogP contribution in [0.15, 0.2) is 94.4 Å². The van der Waals surface area contributed by atoms with E-state index in [0.717, 1.165) is 61.8 Å². The summed E-state index contributed by atoms with van der Waals surface area (Å²) in [5.41, 5.74) is 8.53. The Morgan fingerprint density at radius 3 is 2.58 bits per heavy atom. The summed E-state index contributed by atoms with van der Waals surface area (Å²) in [6, 6.07) is 5.46. The van der Waals surface area contributed by atoms with E-state index < -0.39 is 11.6 Å². The predicted octanol–water partition coefficient (Wildman–Crippen LogP) is 10.5. The topological polar surface area (TPSA) is 55.8 Å². The molecule has 45 heavy (non-hydrogen) atoms. The quantitative estimate of drug-likeness (QED) is 0.297. The molecule has 0 amide bonds. The molecule has 3 aliphatic carbocycles. The van der Waals surface area contributed by atoms with E-state index in [1.807, 2.05) is 12.1 Å². The second-order valence-corrected chi connectivity index (χ2v) is 13.6. The van der Waals surface area contributed by atoms with Crippen LogP contribution in [0.4, 0.5) is 4.39 Å². The first-order chi connectivity index (χ1) is 21.5. The van der Waals surface area contributed by atoms with Gasteiger partial charge in [0.25, 0.3) is 0 Å². The van der Waals surface area contributed by atoms with Crippen LogP contribution in [0.2, 0.25) is 0 Å². The normalized spacial score (nSPS) is 27.5. The average Bonchev–Trinajstić information content (AvgIpc) is 3.19. The van der Waals surface area contributed by atoms with E-state index in [1.54, 1.807) is 6.07 Å². The van der Waals surface area contributed by atoms with Gasteiger partial charge < -0.3 is 14.6 Å². The van der Waals surface area contributed by atoms with Crippen LogP contribution in [0, 0.1) is 17.8 Å². The second-order valence-electron chi connectivity index (χ2n) is 13.6. The number of carboxylic acid groups (broad SMARTS) is 1. The third-order valence-corrected chi connectivity index (χ3v) is 10.5. The number of halogens is 1. The molecule has 2 unspecified atom stereocenters. The maximum absolute atomic E-state index is 14.8. The van der Waals surface area contributed by atoms with Crippen molar-refractivity contribution in [2.45, 2.75) is 91.2 Å². The van der Waals surface area contributed by atoms with Crippen molar-refractivity contribution in [2.24, 2.45) is 17.8 Å². The number of hydrogen-bond donors (Lipinski definition) is 1. The van der Waals surface area contributed by atoms with Crippen LogP contribution in [-0.2, 0) is 4.74 Å². The largest absolute Gasteiger partial charge is 0.496 e. The zero-order valence-electron chi connectivity index (χ0n) is 27.7. The van der Waals surface area contributed by atoms with Crippen molar-refractivity contribution >= 4 is 11.5 Å². The van der Waals surface area contributed by atoms with Gasteiger partial charge in [0.1, 0.15) is 29.3 Å². The van der Waals surface area contributed by atoms with E-state index in [4.69, 9.17) is 9.47 Å². The molecular formula is C40H49FO4. The molecule has 2 atom stereocenters. The summed E-state index contributed by atoms with van der Waals surface area (Å²) in [7, 11) is 1.53. The number of alkyl halides is 1. The van der Waals surface area contributed by atoms with E-state index >= 15 is 0 Å². The molecule has 0 radical (unpaired) electrons. The third kappa shape index (κ3) is 7.29. The molecule has 1 aromatic rings. The van der Waals surface area contributed by atoms with Gasteiger partial charge in [0.15, 0.2) is 0 Å². The molecule has 1 heterocycles. The molecule has 5 rings (SSSR count). The van der Waals surface area contributed by atoms with Crippen LogP contribution in [0.3, 0.4) is 0 Å².